The first kappa shape index (κ1) is 14.0. The van der Waals surface area contributed by atoms with Crippen molar-refractivity contribution in [1.82, 2.24) is 4.98 Å². The second kappa shape index (κ2) is 6.16. The Labute approximate surface area is 117 Å². The van der Waals surface area contributed by atoms with E-state index in [1.54, 1.807) is 42.7 Å². The van der Waals surface area contributed by atoms with Gasteiger partial charge in [-0.2, -0.15) is 0 Å². The van der Waals surface area contributed by atoms with Crippen molar-refractivity contribution in [3.63, 3.8) is 0 Å². The van der Waals surface area contributed by atoms with Crippen LogP contribution >= 0.6 is 0 Å². The number of phenols is 1. The number of carbonyl (C=O) groups is 1. The molecule has 0 aliphatic heterocycles. The maximum Gasteiger partial charge on any atom is 0.241 e. The van der Waals surface area contributed by atoms with Gasteiger partial charge in [0.2, 0.25) is 5.91 Å². The minimum atomic E-state index is -0.646. The number of nitrogens with one attached hydrogen (secondary N) is 1. The Balaban J connectivity index is 1.99. The summed E-state index contributed by atoms with van der Waals surface area (Å²) in [6.07, 6.45) is 3.71. The fourth-order valence-corrected chi connectivity index (χ4v) is 1.82. The van der Waals surface area contributed by atoms with Gasteiger partial charge in [0.05, 0.1) is 6.04 Å². The smallest absolute Gasteiger partial charge is 0.241 e. The van der Waals surface area contributed by atoms with Gasteiger partial charge in [0.15, 0.2) is 0 Å². The number of aromatic hydroxyl groups is 1. The number of hydrogen-bond donors (Lipinski definition) is 3. The number of amides is 1. The number of nitrogens with two attached hydrogens (primary N) is 1. The number of phenolic OH excluding ortho intramolecular Hbond substituents is 1. The van der Waals surface area contributed by atoms with Crippen LogP contribution in [0.2, 0.25) is 0 Å². The molecule has 0 saturated carbocycles. The second-order valence-electron chi connectivity index (χ2n) is 4.66. The predicted molar refractivity (Wildman–Crippen MR) is 77.4 cm³/mol. The molecule has 5 nitrogen and oxygen atoms in total. The molecule has 104 valence electrons. The van der Waals surface area contributed by atoms with Gasteiger partial charge in [0, 0.05) is 18.1 Å². The molecule has 0 aliphatic carbocycles. The van der Waals surface area contributed by atoms with E-state index in [9.17, 15) is 9.90 Å². The first-order valence-corrected chi connectivity index (χ1v) is 6.31. The van der Waals surface area contributed by atoms with Crippen LogP contribution in [0, 0.1) is 6.92 Å². The van der Waals surface area contributed by atoms with Gasteiger partial charge in [0.1, 0.15) is 5.75 Å². The molecule has 20 heavy (non-hydrogen) atoms. The number of pyridine rings is 1. The van der Waals surface area contributed by atoms with E-state index in [1.807, 2.05) is 6.92 Å². The summed E-state index contributed by atoms with van der Waals surface area (Å²) < 4.78 is 0. The number of nitrogens with zero attached hydrogens (tertiary/aromatic N) is 1. The van der Waals surface area contributed by atoms with Gasteiger partial charge in [-0.05, 0) is 42.7 Å². The molecule has 1 aromatic heterocycles. The Morgan fingerprint density at radius 3 is 2.70 bits per heavy atom. The maximum absolute atomic E-state index is 12.0. The number of hydrogen-bond acceptors (Lipinski definition) is 4. The quantitative estimate of drug-likeness (QED) is 0.788. The highest BCUT2D eigenvalue weighted by atomic mass is 16.3. The molecule has 1 amide bonds. The van der Waals surface area contributed by atoms with Crippen molar-refractivity contribution < 1.29 is 9.90 Å². The fourth-order valence-electron chi connectivity index (χ4n) is 1.82. The third-order valence-corrected chi connectivity index (χ3v) is 3.01. The number of benzene rings is 1. The highest BCUT2D eigenvalue weighted by molar-refractivity contribution is 5.95. The van der Waals surface area contributed by atoms with Crippen LogP contribution in [0.5, 0.6) is 5.75 Å². The van der Waals surface area contributed by atoms with Crippen molar-refractivity contribution in [3.05, 3.63) is 53.9 Å². The van der Waals surface area contributed by atoms with Crippen LogP contribution in [-0.2, 0) is 11.2 Å². The predicted octanol–water partition coefficient (Wildman–Crippen LogP) is 1.60. The Morgan fingerprint density at radius 1 is 1.35 bits per heavy atom. The Hall–Kier alpha value is -2.40. The van der Waals surface area contributed by atoms with Gasteiger partial charge in [-0.15, -0.1) is 0 Å². The van der Waals surface area contributed by atoms with E-state index in [1.165, 1.54) is 0 Å². The Bertz CT molecular complexity index is 596. The average molecular weight is 271 g/mol. The molecule has 1 atom stereocenters. The van der Waals surface area contributed by atoms with E-state index < -0.39 is 6.04 Å². The van der Waals surface area contributed by atoms with Gasteiger partial charge in [-0.3, -0.25) is 9.78 Å². The molecule has 0 fully saturated rings. The van der Waals surface area contributed by atoms with Crippen LogP contribution in [0.4, 0.5) is 5.69 Å². The minimum Gasteiger partial charge on any atom is -0.508 e. The lowest BCUT2D eigenvalue weighted by molar-refractivity contribution is -0.117. The minimum absolute atomic E-state index is 0.194. The molecular weight excluding hydrogens is 254 g/mol. The third-order valence-electron chi connectivity index (χ3n) is 3.01. The molecule has 1 unspecified atom stereocenters. The highest BCUT2D eigenvalue weighted by Gasteiger charge is 2.15. The molecule has 2 aromatic rings. The van der Waals surface area contributed by atoms with E-state index in [0.717, 1.165) is 11.1 Å². The summed E-state index contributed by atoms with van der Waals surface area (Å²) in [5.41, 5.74) is 8.40. The molecule has 0 saturated heterocycles. The molecule has 1 aromatic carbocycles. The zero-order chi connectivity index (χ0) is 14.5. The summed E-state index contributed by atoms with van der Waals surface area (Å²) in [4.78, 5) is 16.0. The molecule has 0 spiro atoms. The van der Waals surface area contributed by atoms with Crippen molar-refractivity contribution in [2.45, 2.75) is 19.4 Å². The number of aromatic nitrogens is 1. The zero-order valence-corrected chi connectivity index (χ0v) is 11.2. The van der Waals surface area contributed by atoms with Gasteiger partial charge in [-0.1, -0.05) is 12.1 Å². The van der Waals surface area contributed by atoms with Crippen LogP contribution < -0.4 is 11.1 Å². The first-order valence-electron chi connectivity index (χ1n) is 6.31. The van der Waals surface area contributed by atoms with Crippen LogP contribution in [0.1, 0.15) is 11.1 Å². The van der Waals surface area contributed by atoms with Crippen LogP contribution in [-0.4, -0.2) is 22.0 Å². The van der Waals surface area contributed by atoms with Gasteiger partial charge < -0.3 is 16.2 Å². The number of aryl methyl sites for hydroxylation is 1. The molecule has 1 heterocycles. The number of anilines is 1. The average Bonchev–Trinajstić information content (AvgIpc) is 2.44. The Morgan fingerprint density at radius 2 is 2.05 bits per heavy atom. The number of rotatable bonds is 4. The summed E-state index contributed by atoms with van der Waals surface area (Å²) in [6.45, 7) is 1.87. The summed E-state index contributed by atoms with van der Waals surface area (Å²) >= 11 is 0. The second-order valence-corrected chi connectivity index (χ2v) is 4.66. The molecular formula is C15H17N3O2. The lowest BCUT2D eigenvalue weighted by Crippen LogP contribution is -2.37. The summed E-state index contributed by atoms with van der Waals surface area (Å²) in [6, 6.07) is 7.74. The molecule has 2 rings (SSSR count). The van der Waals surface area contributed by atoms with Crippen molar-refractivity contribution in [1.29, 1.82) is 0 Å². The maximum atomic E-state index is 12.0. The summed E-state index contributed by atoms with van der Waals surface area (Å²) in [5, 5.41) is 12.0. The van der Waals surface area contributed by atoms with Crippen molar-refractivity contribution >= 4 is 11.6 Å². The monoisotopic (exact) mass is 271 g/mol. The van der Waals surface area contributed by atoms with Gasteiger partial charge in [0.25, 0.3) is 0 Å². The normalized spacial score (nSPS) is 11.9. The molecule has 0 bridgehead atoms. The van der Waals surface area contributed by atoms with E-state index in [-0.39, 0.29) is 11.7 Å². The standard InChI is InChI=1S/C15H17N3O2/c1-10-9-17-7-6-14(10)18-15(20)13(16)8-11-2-4-12(19)5-3-11/h2-7,9,13,19H,8,16H2,1H3,(H,17,18,20). The van der Waals surface area contributed by atoms with E-state index in [4.69, 9.17) is 5.73 Å². The van der Waals surface area contributed by atoms with Crippen LogP contribution in [0.15, 0.2) is 42.7 Å². The van der Waals surface area contributed by atoms with Gasteiger partial charge >= 0.3 is 0 Å². The molecule has 0 aliphatic rings. The van der Waals surface area contributed by atoms with Crippen molar-refractivity contribution in [3.8, 4) is 5.75 Å². The summed E-state index contributed by atoms with van der Waals surface area (Å²) in [5.74, 6) is -0.0495. The van der Waals surface area contributed by atoms with Crippen molar-refractivity contribution in [2.24, 2.45) is 5.73 Å². The highest BCUT2D eigenvalue weighted by Crippen LogP contribution is 2.14. The third kappa shape index (κ3) is 3.55. The largest absolute Gasteiger partial charge is 0.508 e. The molecule has 5 heteroatoms. The van der Waals surface area contributed by atoms with E-state index in [0.29, 0.717) is 12.1 Å². The summed E-state index contributed by atoms with van der Waals surface area (Å²) in [7, 11) is 0. The van der Waals surface area contributed by atoms with Crippen molar-refractivity contribution in [2.75, 3.05) is 5.32 Å². The number of carbonyl (C=O) groups excluding carboxylic acids is 1. The van der Waals surface area contributed by atoms with Gasteiger partial charge in [-0.25, -0.2) is 0 Å². The zero-order valence-electron chi connectivity index (χ0n) is 11.2. The molecule has 0 radical (unpaired) electrons. The SMILES string of the molecule is Cc1cnccc1NC(=O)C(N)Cc1ccc(O)cc1. The van der Waals surface area contributed by atoms with E-state index >= 15 is 0 Å². The van der Waals surface area contributed by atoms with Crippen LogP contribution in [0.3, 0.4) is 0 Å². The lowest BCUT2D eigenvalue weighted by atomic mass is 10.1. The Kier molecular flexibility index (Phi) is 4.32. The topological polar surface area (TPSA) is 88.2 Å². The molecule has 4 N–H and O–H groups in total. The fraction of sp³-hybridized carbons (Fsp3) is 0.200. The first-order chi connectivity index (χ1) is 9.56. The van der Waals surface area contributed by atoms with E-state index in [2.05, 4.69) is 10.3 Å². The van der Waals surface area contributed by atoms with Crippen LogP contribution in [0.25, 0.3) is 0 Å². The lowest BCUT2D eigenvalue weighted by Gasteiger charge is -2.13.